The number of nitrogens with zero attached hydrogens (tertiary/aromatic N) is 4. The van der Waals surface area contributed by atoms with Crippen molar-refractivity contribution in [3.05, 3.63) is 71.1 Å². The first-order valence-electron chi connectivity index (χ1n) is 14.1. The molecule has 1 aromatic heterocycles. The van der Waals surface area contributed by atoms with Gasteiger partial charge >= 0.3 is 0 Å². The lowest BCUT2D eigenvalue weighted by Crippen LogP contribution is -2.45. The van der Waals surface area contributed by atoms with E-state index in [-0.39, 0.29) is 11.9 Å². The Morgan fingerprint density at radius 2 is 1.89 bits per heavy atom. The molecular formula is C31H42N6O. The molecule has 2 aromatic carbocycles. The third kappa shape index (κ3) is 5.58. The van der Waals surface area contributed by atoms with Crippen molar-refractivity contribution in [2.45, 2.75) is 58.5 Å². The van der Waals surface area contributed by atoms with Crippen LogP contribution in [0.5, 0.6) is 0 Å². The summed E-state index contributed by atoms with van der Waals surface area (Å²) in [6.07, 6.45) is 5.32. The predicted molar refractivity (Wildman–Crippen MR) is 156 cm³/mol. The molecule has 0 radical (unpaired) electrons. The zero-order valence-electron chi connectivity index (χ0n) is 23.2. The van der Waals surface area contributed by atoms with E-state index in [4.69, 9.17) is 5.10 Å². The molecule has 0 saturated heterocycles. The molecule has 2 N–H and O–H groups in total. The number of hydrogen-bond donors (Lipinski definition) is 2. The Labute approximate surface area is 226 Å². The largest absolute Gasteiger partial charge is 0.386 e. The van der Waals surface area contributed by atoms with Gasteiger partial charge in [-0.15, -0.1) is 0 Å². The Kier molecular flexibility index (Phi) is 8.03. The Balaban J connectivity index is 1.37. The molecule has 2 aliphatic rings. The fourth-order valence-corrected chi connectivity index (χ4v) is 5.98. The molecule has 0 atom stereocenters. The van der Waals surface area contributed by atoms with Crippen LogP contribution < -0.4 is 15.5 Å². The molecular weight excluding hydrogens is 472 g/mol. The number of rotatable bonds is 11. The number of amides is 1. The van der Waals surface area contributed by atoms with Gasteiger partial charge in [-0.3, -0.25) is 9.48 Å². The number of aromatic nitrogens is 2. The number of hydrogen-bond acceptors (Lipinski definition) is 5. The van der Waals surface area contributed by atoms with E-state index in [0.29, 0.717) is 13.1 Å². The van der Waals surface area contributed by atoms with Crippen molar-refractivity contribution in [3.63, 3.8) is 0 Å². The van der Waals surface area contributed by atoms with Gasteiger partial charge in [-0.1, -0.05) is 37.8 Å². The molecule has 7 heteroatoms. The van der Waals surface area contributed by atoms with E-state index in [0.717, 1.165) is 62.3 Å². The SMILES string of the molecule is C=C(CN(CC(=O)N(C)C1Cc2ccccc2C1)c1cc2nn3c(c2cc1C)CCCC3)NCCNCC. The summed E-state index contributed by atoms with van der Waals surface area (Å²) in [6.45, 7) is 13.0. The van der Waals surface area contributed by atoms with E-state index in [1.54, 1.807) is 0 Å². The van der Waals surface area contributed by atoms with Crippen molar-refractivity contribution < 1.29 is 4.79 Å². The second-order valence-corrected chi connectivity index (χ2v) is 10.9. The number of fused-ring (bicyclic) bond motifs is 4. The molecule has 38 heavy (non-hydrogen) atoms. The van der Waals surface area contributed by atoms with E-state index >= 15 is 0 Å². The van der Waals surface area contributed by atoms with Crippen molar-refractivity contribution in [2.24, 2.45) is 0 Å². The summed E-state index contributed by atoms with van der Waals surface area (Å²) in [6, 6.07) is 13.2. The fourth-order valence-electron chi connectivity index (χ4n) is 5.98. The van der Waals surface area contributed by atoms with Gasteiger partial charge < -0.3 is 20.4 Å². The zero-order chi connectivity index (χ0) is 26.6. The molecule has 202 valence electrons. The maximum Gasteiger partial charge on any atom is 0.242 e. The lowest BCUT2D eigenvalue weighted by Gasteiger charge is -2.31. The smallest absolute Gasteiger partial charge is 0.242 e. The summed E-state index contributed by atoms with van der Waals surface area (Å²) in [5.41, 5.74) is 8.22. The number of likely N-dealkylation sites (N-methyl/N-ethyl adjacent to an activating group) is 2. The molecule has 0 unspecified atom stereocenters. The van der Waals surface area contributed by atoms with Gasteiger partial charge in [0.15, 0.2) is 0 Å². The molecule has 0 saturated carbocycles. The summed E-state index contributed by atoms with van der Waals surface area (Å²) < 4.78 is 2.18. The van der Waals surface area contributed by atoms with Gasteiger partial charge in [0.25, 0.3) is 0 Å². The molecule has 0 bridgehead atoms. The number of carbonyl (C=O) groups excluding carboxylic acids is 1. The van der Waals surface area contributed by atoms with E-state index < -0.39 is 0 Å². The Bertz CT molecular complexity index is 1290. The molecule has 0 fully saturated rings. The Hall–Kier alpha value is -3.32. The van der Waals surface area contributed by atoms with Crippen LogP contribution in [0.15, 0.2) is 48.7 Å². The van der Waals surface area contributed by atoms with Crippen molar-refractivity contribution in [2.75, 3.05) is 44.7 Å². The quantitative estimate of drug-likeness (QED) is 0.381. The number of carbonyl (C=O) groups is 1. The van der Waals surface area contributed by atoms with Gasteiger partial charge in [0, 0.05) is 55.2 Å². The van der Waals surface area contributed by atoms with Crippen LogP contribution in [0.1, 0.15) is 42.1 Å². The molecule has 3 aromatic rings. The van der Waals surface area contributed by atoms with Crippen LogP contribution in [-0.2, 0) is 30.6 Å². The summed E-state index contributed by atoms with van der Waals surface area (Å²) in [5, 5.41) is 13.0. The van der Waals surface area contributed by atoms with Crippen LogP contribution in [0.25, 0.3) is 10.9 Å². The maximum atomic E-state index is 13.7. The minimum Gasteiger partial charge on any atom is -0.386 e. The van der Waals surface area contributed by atoms with Gasteiger partial charge in [-0.2, -0.15) is 5.10 Å². The van der Waals surface area contributed by atoms with E-state index in [1.165, 1.54) is 40.6 Å². The van der Waals surface area contributed by atoms with Gasteiger partial charge in [-0.25, -0.2) is 0 Å². The highest BCUT2D eigenvalue weighted by Crippen LogP contribution is 2.31. The van der Waals surface area contributed by atoms with Crippen LogP contribution in [0.2, 0.25) is 0 Å². The number of nitrogens with one attached hydrogen (secondary N) is 2. The maximum absolute atomic E-state index is 13.7. The topological polar surface area (TPSA) is 65.4 Å². The van der Waals surface area contributed by atoms with Crippen molar-refractivity contribution in [3.8, 4) is 0 Å². The second kappa shape index (κ2) is 11.6. The highest BCUT2D eigenvalue weighted by Gasteiger charge is 2.29. The van der Waals surface area contributed by atoms with Crippen molar-refractivity contribution in [1.29, 1.82) is 0 Å². The first kappa shape index (κ1) is 26.3. The van der Waals surface area contributed by atoms with Gasteiger partial charge in [0.1, 0.15) is 0 Å². The Morgan fingerprint density at radius 1 is 1.13 bits per heavy atom. The molecule has 7 nitrogen and oxygen atoms in total. The van der Waals surface area contributed by atoms with E-state index in [2.05, 4.69) is 77.0 Å². The summed E-state index contributed by atoms with van der Waals surface area (Å²) in [7, 11) is 1.96. The standard InChI is InChI=1S/C31H42N6O/c1-5-32-13-14-33-23(3)20-36(21-31(38)35(4)26-17-24-10-6-7-11-25(24)18-26)30-19-28-27(16-22(30)2)29-12-8-9-15-37(29)34-28/h6-7,10-11,16,19,26,32-33H,3,5,8-9,12-15,17-18,20-21H2,1-2,4H3. The minimum atomic E-state index is 0.131. The average Bonchev–Trinajstić information content (AvgIpc) is 3.51. The summed E-state index contributed by atoms with van der Waals surface area (Å²) in [4.78, 5) is 17.8. The minimum absolute atomic E-state index is 0.131. The zero-order valence-corrected chi connectivity index (χ0v) is 23.2. The summed E-state index contributed by atoms with van der Waals surface area (Å²) in [5.74, 6) is 0.131. The van der Waals surface area contributed by atoms with Crippen LogP contribution in [-0.4, -0.2) is 66.4 Å². The molecule has 1 aliphatic carbocycles. The van der Waals surface area contributed by atoms with E-state index in [9.17, 15) is 4.79 Å². The predicted octanol–water partition coefficient (Wildman–Crippen LogP) is 3.83. The molecule has 0 spiro atoms. The van der Waals surface area contributed by atoms with Crippen molar-refractivity contribution in [1.82, 2.24) is 25.3 Å². The molecule has 2 heterocycles. The van der Waals surface area contributed by atoms with Crippen LogP contribution in [0, 0.1) is 6.92 Å². The normalized spacial score (nSPS) is 14.8. The average molecular weight is 515 g/mol. The van der Waals surface area contributed by atoms with Crippen LogP contribution >= 0.6 is 0 Å². The first-order chi connectivity index (χ1) is 18.4. The number of benzene rings is 2. The number of aryl methyl sites for hydroxylation is 3. The highest BCUT2D eigenvalue weighted by molar-refractivity contribution is 5.89. The monoisotopic (exact) mass is 514 g/mol. The molecule has 5 rings (SSSR count). The van der Waals surface area contributed by atoms with Gasteiger partial charge in [-0.05, 0) is 74.4 Å². The summed E-state index contributed by atoms with van der Waals surface area (Å²) >= 11 is 0. The first-order valence-corrected chi connectivity index (χ1v) is 14.1. The van der Waals surface area contributed by atoms with Crippen LogP contribution in [0.3, 0.4) is 0 Å². The third-order valence-corrected chi connectivity index (χ3v) is 8.14. The van der Waals surface area contributed by atoms with Crippen LogP contribution in [0.4, 0.5) is 5.69 Å². The second-order valence-electron chi connectivity index (χ2n) is 10.9. The molecule has 1 aliphatic heterocycles. The van der Waals surface area contributed by atoms with Crippen molar-refractivity contribution >= 4 is 22.5 Å². The molecule has 1 amide bonds. The van der Waals surface area contributed by atoms with Gasteiger partial charge in [0.05, 0.1) is 18.6 Å². The highest BCUT2D eigenvalue weighted by atomic mass is 16.2. The fraction of sp³-hybridized carbons (Fsp3) is 0.484. The third-order valence-electron chi connectivity index (χ3n) is 8.14. The van der Waals surface area contributed by atoms with Gasteiger partial charge in [0.2, 0.25) is 5.91 Å². The lowest BCUT2D eigenvalue weighted by atomic mass is 10.0. The lowest BCUT2D eigenvalue weighted by molar-refractivity contribution is -0.130. The van der Waals surface area contributed by atoms with E-state index in [1.807, 2.05) is 11.9 Å². The Morgan fingerprint density at radius 3 is 2.63 bits per heavy atom. The number of anilines is 1.